The second kappa shape index (κ2) is 5.20. The van der Waals surface area contributed by atoms with E-state index in [9.17, 15) is 0 Å². The normalized spacial score (nSPS) is 10.6. The van der Waals surface area contributed by atoms with E-state index in [-0.39, 0.29) is 0 Å². The predicted molar refractivity (Wildman–Crippen MR) is 80.8 cm³/mol. The molecule has 0 bridgehead atoms. The predicted octanol–water partition coefficient (Wildman–Crippen LogP) is 2.94. The maximum absolute atomic E-state index is 5.64. The first-order valence-electron chi connectivity index (χ1n) is 5.57. The molecule has 0 fully saturated rings. The van der Waals surface area contributed by atoms with Gasteiger partial charge in [-0.2, -0.15) is 5.10 Å². The molecule has 2 rings (SSSR count). The zero-order valence-electron chi connectivity index (χ0n) is 10.3. The topological polar surface area (TPSA) is 43.8 Å². The lowest BCUT2D eigenvalue weighted by Gasteiger charge is -2.06. The molecule has 1 aromatic carbocycles. The molecule has 0 atom stereocenters. The molecule has 0 amide bonds. The fourth-order valence-electron chi connectivity index (χ4n) is 1.82. The number of rotatable bonds is 3. The second-order valence-corrected chi connectivity index (χ2v) is 5.44. The van der Waals surface area contributed by atoms with Crippen molar-refractivity contribution >= 4 is 33.1 Å². The van der Waals surface area contributed by atoms with E-state index in [1.165, 1.54) is 0 Å². The van der Waals surface area contributed by atoms with Gasteiger partial charge in [0.05, 0.1) is 22.4 Å². The average Bonchev–Trinajstić information content (AvgIpc) is 2.57. The highest BCUT2D eigenvalue weighted by atomic mass is 79.9. The molecule has 1 aromatic heterocycles. The molecule has 18 heavy (non-hydrogen) atoms. The van der Waals surface area contributed by atoms with Crippen molar-refractivity contribution in [1.29, 1.82) is 0 Å². The third-order valence-corrected chi connectivity index (χ3v) is 4.22. The van der Waals surface area contributed by atoms with Crippen LogP contribution in [0.2, 0.25) is 0 Å². The van der Waals surface area contributed by atoms with Crippen LogP contribution in [0.5, 0.6) is 0 Å². The monoisotopic (exact) mass is 323 g/mol. The van der Waals surface area contributed by atoms with Gasteiger partial charge in [-0.05, 0) is 41.4 Å². The van der Waals surface area contributed by atoms with Gasteiger partial charge in [-0.3, -0.25) is 4.68 Å². The van der Waals surface area contributed by atoms with Gasteiger partial charge < -0.3 is 5.73 Å². The van der Waals surface area contributed by atoms with Crippen molar-refractivity contribution in [2.45, 2.75) is 20.4 Å². The van der Waals surface area contributed by atoms with E-state index in [4.69, 9.17) is 18.0 Å². The lowest BCUT2D eigenvalue weighted by Crippen LogP contribution is -2.10. The highest BCUT2D eigenvalue weighted by Crippen LogP contribution is 2.20. The van der Waals surface area contributed by atoms with Gasteiger partial charge in [-0.1, -0.05) is 30.4 Å². The van der Waals surface area contributed by atoms with Gasteiger partial charge in [0.1, 0.15) is 4.99 Å². The van der Waals surface area contributed by atoms with Crippen LogP contribution in [0, 0.1) is 13.8 Å². The van der Waals surface area contributed by atoms with Gasteiger partial charge in [0.2, 0.25) is 0 Å². The molecule has 0 radical (unpaired) electrons. The fraction of sp³-hybridized carbons (Fsp3) is 0.231. The van der Waals surface area contributed by atoms with Gasteiger partial charge in [0.25, 0.3) is 0 Å². The molecular formula is C13H14BrN3S. The summed E-state index contributed by atoms with van der Waals surface area (Å²) in [6.45, 7) is 4.75. The Hall–Kier alpha value is -1.20. The quantitative estimate of drug-likeness (QED) is 0.883. The van der Waals surface area contributed by atoms with Gasteiger partial charge >= 0.3 is 0 Å². The van der Waals surface area contributed by atoms with Crippen LogP contribution < -0.4 is 5.73 Å². The summed E-state index contributed by atoms with van der Waals surface area (Å²) in [6.07, 6.45) is 0. The minimum atomic E-state index is 0.423. The first-order valence-corrected chi connectivity index (χ1v) is 6.77. The summed E-state index contributed by atoms with van der Waals surface area (Å²) in [5.74, 6) is 0. The molecule has 0 aliphatic carbocycles. The highest BCUT2D eigenvalue weighted by molar-refractivity contribution is 9.10. The zero-order valence-corrected chi connectivity index (χ0v) is 12.7. The molecule has 0 spiro atoms. The summed E-state index contributed by atoms with van der Waals surface area (Å²) in [5.41, 5.74) is 9.78. The molecule has 0 unspecified atom stereocenters. The van der Waals surface area contributed by atoms with E-state index in [1.807, 2.05) is 42.8 Å². The Balaban J connectivity index is 2.31. The third kappa shape index (κ3) is 2.62. The third-order valence-electron chi connectivity index (χ3n) is 2.84. The lowest BCUT2D eigenvalue weighted by molar-refractivity contribution is 0.658. The van der Waals surface area contributed by atoms with Crippen LogP contribution in [0.15, 0.2) is 28.7 Å². The Kier molecular flexibility index (Phi) is 3.82. The molecule has 0 saturated carbocycles. The Bertz CT molecular complexity index is 604. The van der Waals surface area contributed by atoms with Crippen molar-refractivity contribution in [3.63, 3.8) is 0 Å². The Morgan fingerprint density at radius 3 is 2.72 bits per heavy atom. The van der Waals surface area contributed by atoms with Crippen molar-refractivity contribution in [1.82, 2.24) is 9.78 Å². The SMILES string of the molecule is Cc1nn(Cc2cccc(C(N)=S)c2)c(C)c1Br. The van der Waals surface area contributed by atoms with Crippen molar-refractivity contribution in [3.05, 3.63) is 51.3 Å². The fourth-order valence-corrected chi connectivity index (χ4v) is 2.24. The molecule has 0 aliphatic rings. The first kappa shape index (κ1) is 13.2. The van der Waals surface area contributed by atoms with Crippen LogP contribution in [0.4, 0.5) is 0 Å². The molecule has 2 aromatic rings. The molecule has 0 saturated heterocycles. The number of thiocarbonyl (C=S) groups is 1. The van der Waals surface area contributed by atoms with Gasteiger partial charge in [0, 0.05) is 5.56 Å². The smallest absolute Gasteiger partial charge is 0.103 e. The zero-order chi connectivity index (χ0) is 13.3. The number of hydrogen-bond acceptors (Lipinski definition) is 2. The Morgan fingerprint density at radius 2 is 2.17 bits per heavy atom. The molecule has 3 nitrogen and oxygen atoms in total. The van der Waals surface area contributed by atoms with Gasteiger partial charge in [0.15, 0.2) is 0 Å². The highest BCUT2D eigenvalue weighted by Gasteiger charge is 2.09. The number of halogens is 1. The standard InChI is InChI=1S/C13H14BrN3S/c1-8-12(14)9(2)17(16-8)7-10-4-3-5-11(6-10)13(15)18/h3-6H,7H2,1-2H3,(H2,15,18). The summed E-state index contributed by atoms with van der Waals surface area (Å²) < 4.78 is 3.03. The number of aromatic nitrogens is 2. The average molecular weight is 324 g/mol. The minimum Gasteiger partial charge on any atom is -0.389 e. The molecular weight excluding hydrogens is 310 g/mol. The summed E-state index contributed by atoms with van der Waals surface area (Å²) >= 11 is 8.51. The van der Waals surface area contributed by atoms with Crippen LogP contribution in [-0.4, -0.2) is 14.8 Å². The van der Waals surface area contributed by atoms with E-state index in [0.29, 0.717) is 11.5 Å². The second-order valence-electron chi connectivity index (χ2n) is 4.21. The number of nitrogens with zero attached hydrogens (tertiary/aromatic N) is 2. The number of benzene rings is 1. The molecule has 2 N–H and O–H groups in total. The van der Waals surface area contributed by atoms with Crippen molar-refractivity contribution in [3.8, 4) is 0 Å². The van der Waals surface area contributed by atoms with Crippen LogP contribution in [0.3, 0.4) is 0 Å². The number of nitrogens with two attached hydrogens (primary N) is 1. The summed E-state index contributed by atoms with van der Waals surface area (Å²) in [5, 5.41) is 4.49. The van der Waals surface area contributed by atoms with Crippen molar-refractivity contribution in [2.75, 3.05) is 0 Å². The van der Waals surface area contributed by atoms with Crippen molar-refractivity contribution < 1.29 is 0 Å². The molecule has 0 aliphatic heterocycles. The van der Waals surface area contributed by atoms with E-state index >= 15 is 0 Å². The molecule has 5 heteroatoms. The molecule has 1 heterocycles. The Labute approximate surface area is 120 Å². The van der Waals surface area contributed by atoms with Crippen molar-refractivity contribution in [2.24, 2.45) is 5.73 Å². The summed E-state index contributed by atoms with van der Waals surface area (Å²) in [6, 6.07) is 7.94. The van der Waals surface area contributed by atoms with Crippen LogP contribution >= 0.6 is 28.1 Å². The summed E-state index contributed by atoms with van der Waals surface area (Å²) in [7, 11) is 0. The largest absolute Gasteiger partial charge is 0.389 e. The van der Waals surface area contributed by atoms with Crippen LogP contribution in [-0.2, 0) is 6.54 Å². The van der Waals surface area contributed by atoms with Gasteiger partial charge in [-0.15, -0.1) is 0 Å². The minimum absolute atomic E-state index is 0.423. The number of aryl methyl sites for hydroxylation is 1. The van der Waals surface area contributed by atoms with E-state index < -0.39 is 0 Å². The first-order chi connectivity index (χ1) is 8.49. The van der Waals surface area contributed by atoms with Crippen LogP contribution in [0.1, 0.15) is 22.5 Å². The maximum Gasteiger partial charge on any atom is 0.103 e. The lowest BCUT2D eigenvalue weighted by atomic mass is 10.1. The van der Waals surface area contributed by atoms with Crippen LogP contribution in [0.25, 0.3) is 0 Å². The maximum atomic E-state index is 5.64. The van der Waals surface area contributed by atoms with E-state index in [1.54, 1.807) is 0 Å². The molecule has 94 valence electrons. The van der Waals surface area contributed by atoms with E-state index in [2.05, 4.69) is 21.0 Å². The summed E-state index contributed by atoms with van der Waals surface area (Å²) in [4.78, 5) is 0.423. The Morgan fingerprint density at radius 1 is 1.44 bits per heavy atom. The number of hydrogen-bond donors (Lipinski definition) is 1. The van der Waals surface area contributed by atoms with Gasteiger partial charge in [-0.25, -0.2) is 0 Å². The van der Waals surface area contributed by atoms with E-state index in [0.717, 1.165) is 27.0 Å².